The maximum absolute atomic E-state index is 5.69. The SMILES string of the molecule is CN=C(NCc1cc2ccccc2[nH]1)NCC(c1ccco1)N1CCCC1.I. The zero-order chi connectivity index (χ0) is 18.5. The van der Waals surface area contributed by atoms with Crippen LogP contribution >= 0.6 is 24.0 Å². The predicted octanol–water partition coefficient (Wildman–Crippen LogP) is 3.88. The van der Waals surface area contributed by atoms with Crippen molar-refractivity contribution in [2.45, 2.75) is 25.4 Å². The van der Waals surface area contributed by atoms with E-state index in [9.17, 15) is 0 Å². The first-order chi connectivity index (χ1) is 13.3. The summed E-state index contributed by atoms with van der Waals surface area (Å²) in [5.41, 5.74) is 2.30. The standard InChI is InChI=1S/C21H27N5O.HI/c1-22-21(23-14-17-13-16-7-2-3-8-18(16)25-17)24-15-19(20-9-6-12-27-20)26-10-4-5-11-26;/h2-3,6-9,12-13,19,25H,4-5,10-11,14-15H2,1H3,(H2,22,23,24);1H. The van der Waals surface area contributed by atoms with Gasteiger partial charge in [0.2, 0.25) is 0 Å². The van der Waals surface area contributed by atoms with Crippen molar-refractivity contribution in [3.8, 4) is 0 Å². The highest BCUT2D eigenvalue weighted by Crippen LogP contribution is 2.24. The molecule has 0 spiro atoms. The number of likely N-dealkylation sites (tertiary alicyclic amines) is 1. The summed E-state index contributed by atoms with van der Waals surface area (Å²) in [6.45, 7) is 3.70. The summed E-state index contributed by atoms with van der Waals surface area (Å²) >= 11 is 0. The number of H-pyrrole nitrogens is 1. The Hall–Kier alpha value is -2.00. The number of hydrogen-bond acceptors (Lipinski definition) is 3. The maximum atomic E-state index is 5.69. The maximum Gasteiger partial charge on any atom is 0.191 e. The van der Waals surface area contributed by atoms with Gasteiger partial charge in [0.25, 0.3) is 0 Å². The van der Waals surface area contributed by atoms with Crippen LogP contribution in [0.25, 0.3) is 10.9 Å². The average molecular weight is 493 g/mol. The van der Waals surface area contributed by atoms with Gasteiger partial charge in [0.15, 0.2) is 5.96 Å². The fourth-order valence-electron chi connectivity index (χ4n) is 3.77. The van der Waals surface area contributed by atoms with E-state index in [0.717, 1.165) is 42.6 Å². The number of para-hydroxylation sites is 1. The summed E-state index contributed by atoms with van der Waals surface area (Å²) in [6.07, 6.45) is 4.26. The van der Waals surface area contributed by atoms with Gasteiger partial charge in [-0.15, -0.1) is 24.0 Å². The number of aromatic amines is 1. The third-order valence-corrected chi connectivity index (χ3v) is 5.17. The minimum Gasteiger partial charge on any atom is -0.468 e. The summed E-state index contributed by atoms with van der Waals surface area (Å²) in [7, 11) is 1.80. The van der Waals surface area contributed by atoms with Crippen molar-refractivity contribution < 1.29 is 4.42 Å². The van der Waals surface area contributed by atoms with Gasteiger partial charge < -0.3 is 20.0 Å². The molecule has 3 N–H and O–H groups in total. The Morgan fingerprint density at radius 2 is 2.00 bits per heavy atom. The molecule has 4 rings (SSSR count). The molecule has 28 heavy (non-hydrogen) atoms. The molecule has 2 aromatic heterocycles. The van der Waals surface area contributed by atoms with E-state index in [1.807, 2.05) is 12.1 Å². The molecule has 1 aromatic carbocycles. The Bertz CT molecular complexity index is 850. The number of nitrogens with one attached hydrogen (secondary N) is 3. The van der Waals surface area contributed by atoms with E-state index in [1.165, 1.54) is 18.2 Å². The number of nitrogens with zero attached hydrogens (tertiary/aromatic N) is 2. The van der Waals surface area contributed by atoms with Crippen molar-refractivity contribution in [1.29, 1.82) is 0 Å². The number of furan rings is 1. The molecular formula is C21H28IN5O. The van der Waals surface area contributed by atoms with Crippen LogP contribution < -0.4 is 10.6 Å². The molecule has 1 aliphatic rings. The number of guanidine groups is 1. The fourth-order valence-corrected chi connectivity index (χ4v) is 3.77. The van der Waals surface area contributed by atoms with Gasteiger partial charge in [-0.05, 0) is 55.6 Å². The molecule has 0 bridgehead atoms. The lowest BCUT2D eigenvalue weighted by atomic mass is 10.2. The number of hydrogen-bond donors (Lipinski definition) is 3. The van der Waals surface area contributed by atoms with Crippen molar-refractivity contribution in [1.82, 2.24) is 20.5 Å². The molecule has 6 nitrogen and oxygen atoms in total. The van der Waals surface area contributed by atoms with Crippen molar-refractivity contribution in [3.63, 3.8) is 0 Å². The number of rotatable bonds is 6. The summed E-state index contributed by atoms with van der Waals surface area (Å²) < 4.78 is 5.69. The highest BCUT2D eigenvalue weighted by Gasteiger charge is 2.25. The molecule has 0 amide bonds. The Balaban J connectivity index is 0.00000225. The second kappa shape index (κ2) is 9.97. The molecule has 1 unspecified atom stereocenters. The van der Waals surface area contributed by atoms with Crippen LogP contribution in [0.4, 0.5) is 0 Å². The molecule has 0 saturated carbocycles. The summed E-state index contributed by atoms with van der Waals surface area (Å²) in [4.78, 5) is 10.3. The lowest BCUT2D eigenvalue weighted by Gasteiger charge is -2.26. The highest BCUT2D eigenvalue weighted by molar-refractivity contribution is 14.0. The van der Waals surface area contributed by atoms with E-state index in [-0.39, 0.29) is 30.0 Å². The van der Waals surface area contributed by atoms with Crippen LogP contribution in [0.5, 0.6) is 0 Å². The molecule has 3 heterocycles. The Morgan fingerprint density at radius 3 is 2.71 bits per heavy atom. The van der Waals surface area contributed by atoms with Crippen LogP contribution in [0.2, 0.25) is 0 Å². The van der Waals surface area contributed by atoms with Gasteiger partial charge in [0.05, 0.1) is 18.8 Å². The molecule has 150 valence electrons. The van der Waals surface area contributed by atoms with Gasteiger partial charge in [-0.3, -0.25) is 9.89 Å². The summed E-state index contributed by atoms with van der Waals surface area (Å²) in [5, 5.41) is 8.08. The van der Waals surface area contributed by atoms with Gasteiger partial charge in [0.1, 0.15) is 5.76 Å². The van der Waals surface area contributed by atoms with E-state index in [4.69, 9.17) is 4.42 Å². The van der Waals surface area contributed by atoms with E-state index in [1.54, 1.807) is 13.3 Å². The third kappa shape index (κ3) is 4.88. The molecule has 0 aliphatic carbocycles. The quantitative estimate of drug-likeness (QED) is 0.277. The first-order valence-corrected chi connectivity index (χ1v) is 9.62. The number of fused-ring (bicyclic) bond motifs is 1. The number of benzene rings is 1. The monoisotopic (exact) mass is 493 g/mol. The first-order valence-electron chi connectivity index (χ1n) is 9.62. The predicted molar refractivity (Wildman–Crippen MR) is 124 cm³/mol. The summed E-state index contributed by atoms with van der Waals surface area (Å²) in [5.74, 6) is 1.81. The van der Waals surface area contributed by atoms with Gasteiger partial charge in [0, 0.05) is 24.8 Å². The van der Waals surface area contributed by atoms with Gasteiger partial charge in [-0.2, -0.15) is 0 Å². The normalized spacial score (nSPS) is 16.1. The minimum atomic E-state index is 0. The van der Waals surface area contributed by atoms with Crippen LogP contribution in [-0.2, 0) is 6.54 Å². The van der Waals surface area contributed by atoms with Crippen LogP contribution in [-0.4, -0.2) is 42.5 Å². The highest BCUT2D eigenvalue weighted by atomic mass is 127. The van der Waals surface area contributed by atoms with Gasteiger partial charge in [-0.1, -0.05) is 18.2 Å². The number of aliphatic imine (C=N–C) groups is 1. The van der Waals surface area contributed by atoms with Crippen LogP contribution in [0.3, 0.4) is 0 Å². The van der Waals surface area contributed by atoms with Crippen LogP contribution in [0.1, 0.15) is 30.3 Å². The Kier molecular flexibility index (Phi) is 7.38. The molecule has 3 aromatic rings. The van der Waals surface area contributed by atoms with Crippen molar-refractivity contribution in [3.05, 3.63) is 60.2 Å². The average Bonchev–Trinajstić information content (AvgIpc) is 3.46. The first kappa shape index (κ1) is 20.7. The van der Waals surface area contributed by atoms with Gasteiger partial charge >= 0.3 is 0 Å². The van der Waals surface area contributed by atoms with E-state index in [0.29, 0.717) is 6.54 Å². The zero-order valence-corrected chi connectivity index (χ0v) is 18.5. The van der Waals surface area contributed by atoms with Crippen LogP contribution in [0.15, 0.2) is 58.1 Å². The van der Waals surface area contributed by atoms with E-state index in [2.05, 4.69) is 55.8 Å². The molecule has 1 aliphatic heterocycles. The topological polar surface area (TPSA) is 68.6 Å². The molecule has 0 radical (unpaired) electrons. The third-order valence-electron chi connectivity index (χ3n) is 5.17. The Morgan fingerprint density at radius 1 is 1.18 bits per heavy atom. The van der Waals surface area contributed by atoms with Crippen LogP contribution in [0, 0.1) is 0 Å². The fraction of sp³-hybridized carbons (Fsp3) is 0.381. The molecule has 1 saturated heterocycles. The lowest BCUT2D eigenvalue weighted by molar-refractivity contribution is 0.215. The van der Waals surface area contributed by atoms with Crippen molar-refractivity contribution in [2.24, 2.45) is 4.99 Å². The molecule has 1 atom stereocenters. The summed E-state index contributed by atoms with van der Waals surface area (Å²) in [6, 6.07) is 14.7. The largest absolute Gasteiger partial charge is 0.468 e. The van der Waals surface area contributed by atoms with Crippen molar-refractivity contribution >= 4 is 40.8 Å². The molecule has 7 heteroatoms. The second-order valence-corrected chi connectivity index (χ2v) is 6.96. The second-order valence-electron chi connectivity index (χ2n) is 6.96. The molecular weight excluding hydrogens is 465 g/mol. The van der Waals surface area contributed by atoms with E-state index >= 15 is 0 Å². The zero-order valence-electron chi connectivity index (χ0n) is 16.1. The van der Waals surface area contributed by atoms with Crippen molar-refractivity contribution in [2.75, 3.05) is 26.7 Å². The van der Waals surface area contributed by atoms with Gasteiger partial charge in [-0.25, -0.2) is 0 Å². The van der Waals surface area contributed by atoms with E-state index < -0.39 is 0 Å². The smallest absolute Gasteiger partial charge is 0.191 e. The Labute approximate surface area is 182 Å². The number of aromatic nitrogens is 1. The number of halogens is 1. The minimum absolute atomic E-state index is 0. The molecule has 1 fully saturated rings. The lowest BCUT2D eigenvalue weighted by Crippen LogP contribution is -2.42.